The standard InChI is InChI=1S/C20H17N/c1-2-6-16(7-3-1)10-11-18-12-13-20-19-9-5-4-8-17(19)14-15-21(18)20/h4-6,8-9,12-15H,1-3,7H2. The summed E-state index contributed by atoms with van der Waals surface area (Å²) < 4.78 is 2.19. The average molecular weight is 271 g/mol. The maximum Gasteiger partial charge on any atom is 0.0969 e. The van der Waals surface area contributed by atoms with Crippen LogP contribution in [0.2, 0.25) is 0 Å². The maximum absolute atomic E-state index is 3.35. The van der Waals surface area contributed by atoms with Crippen LogP contribution >= 0.6 is 0 Å². The lowest BCUT2D eigenvalue weighted by Gasteiger charge is -2.05. The first kappa shape index (κ1) is 12.3. The Morgan fingerprint density at radius 2 is 1.86 bits per heavy atom. The van der Waals surface area contributed by atoms with Crippen LogP contribution in [0.4, 0.5) is 0 Å². The van der Waals surface area contributed by atoms with E-state index in [1.165, 1.54) is 41.1 Å². The summed E-state index contributed by atoms with van der Waals surface area (Å²) >= 11 is 0. The lowest BCUT2D eigenvalue weighted by molar-refractivity contribution is 0.715. The highest BCUT2D eigenvalue weighted by Gasteiger charge is 2.04. The van der Waals surface area contributed by atoms with Crippen molar-refractivity contribution >= 4 is 16.3 Å². The van der Waals surface area contributed by atoms with Gasteiger partial charge in [0.1, 0.15) is 0 Å². The van der Waals surface area contributed by atoms with Crippen LogP contribution in [0.5, 0.6) is 0 Å². The van der Waals surface area contributed by atoms with E-state index in [2.05, 4.69) is 71.0 Å². The maximum atomic E-state index is 3.35. The third-order valence-corrected chi connectivity index (χ3v) is 4.20. The van der Waals surface area contributed by atoms with Gasteiger partial charge in [0.2, 0.25) is 0 Å². The number of rotatable bonds is 0. The average Bonchev–Trinajstić information content (AvgIpc) is 2.97. The number of benzene rings is 1. The minimum atomic E-state index is 1.07. The molecule has 0 aliphatic heterocycles. The Morgan fingerprint density at radius 1 is 0.905 bits per heavy atom. The summed E-state index contributed by atoms with van der Waals surface area (Å²) in [6, 6.07) is 14.9. The molecule has 0 atom stereocenters. The van der Waals surface area contributed by atoms with Gasteiger partial charge in [-0.2, -0.15) is 0 Å². The van der Waals surface area contributed by atoms with Crippen molar-refractivity contribution < 1.29 is 0 Å². The van der Waals surface area contributed by atoms with Crippen molar-refractivity contribution in [3.8, 4) is 11.8 Å². The number of hydrogen-bond donors (Lipinski definition) is 0. The first-order valence-electron chi connectivity index (χ1n) is 7.62. The minimum absolute atomic E-state index is 1.07. The van der Waals surface area contributed by atoms with Crippen LogP contribution in [0.15, 0.2) is 60.3 Å². The van der Waals surface area contributed by atoms with Crippen molar-refractivity contribution in [2.24, 2.45) is 0 Å². The van der Waals surface area contributed by atoms with Gasteiger partial charge in [-0.25, -0.2) is 0 Å². The van der Waals surface area contributed by atoms with Crippen molar-refractivity contribution in [3.63, 3.8) is 0 Å². The van der Waals surface area contributed by atoms with Crippen molar-refractivity contribution in [1.82, 2.24) is 4.40 Å². The summed E-state index contributed by atoms with van der Waals surface area (Å²) in [5, 5.41) is 2.56. The molecule has 4 rings (SSSR count). The van der Waals surface area contributed by atoms with E-state index in [0.29, 0.717) is 0 Å². The third-order valence-electron chi connectivity index (χ3n) is 4.20. The van der Waals surface area contributed by atoms with E-state index < -0.39 is 0 Å². The molecule has 0 saturated heterocycles. The molecular weight excluding hydrogens is 254 g/mol. The first-order chi connectivity index (χ1) is 10.4. The van der Waals surface area contributed by atoms with Crippen LogP contribution in [0.1, 0.15) is 31.4 Å². The molecule has 0 spiro atoms. The predicted octanol–water partition coefficient (Wildman–Crippen LogP) is 4.94. The number of fused-ring (bicyclic) bond motifs is 3. The molecule has 0 N–H and O–H groups in total. The summed E-state index contributed by atoms with van der Waals surface area (Å²) in [5.74, 6) is 6.70. The van der Waals surface area contributed by atoms with Gasteiger partial charge in [-0.05, 0) is 60.8 Å². The molecule has 1 aliphatic rings. The first-order valence-corrected chi connectivity index (χ1v) is 7.62. The third kappa shape index (κ3) is 2.23. The molecule has 2 heterocycles. The molecule has 0 radical (unpaired) electrons. The number of nitrogens with zero attached hydrogens (tertiary/aromatic N) is 1. The topological polar surface area (TPSA) is 4.41 Å². The van der Waals surface area contributed by atoms with E-state index in [9.17, 15) is 0 Å². The summed E-state index contributed by atoms with van der Waals surface area (Å²) in [5.41, 5.74) is 3.61. The van der Waals surface area contributed by atoms with E-state index in [1.807, 2.05) is 0 Å². The van der Waals surface area contributed by atoms with Crippen LogP contribution in [-0.2, 0) is 0 Å². The SMILES string of the molecule is C(#Cc1ccc2c3ccccc3ccn12)C1=CCCCC1. The molecule has 0 saturated carbocycles. The van der Waals surface area contributed by atoms with Crippen LogP contribution in [0, 0.1) is 11.8 Å². The van der Waals surface area contributed by atoms with Crippen LogP contribution in [0.25, 0.3) is 16.3 Å². The second-order valence-electron chi connectivity index (χ2n) is 5.60. The molecule has 21 heavy (non-hydrogen) atoms. The van der Waals surface area contributed by atoms with E-state index in [0.717, 1.165) is 12.1 Å². The van der Waals surface area contributed by atoms with Gasteiger partial charge in [0.25, 0.3) is 0 Å². The molecule has 2 aromatic heterocycles. The molecule has 3 aromatic rings. The molecule has 0 fully saturated rings. The fourth-order valence-corrected chi connectivity index (χ4v) is 3.06. The zero-order valence-electron chi connectivity index (χ0n) is 12.0. The summed E-state index contributed by atoms with van der Waals surface area (Å²) in [7, 11) is 0. The van der Waals surface area contributed by atoms with Gasteiger partial charge in [-0.3, -0.25) is 0 Å². The smallest absolute Gasteiger partial charge is 0.0969 e. The van der Waals surface area contributed by atoms with Gasteiger partial charge >= 0.3 is 0 Å². The fourth-order valence-electron chi connectivity index (χ4n) is 3.06. The van der Waals surface area contributed by atoms with Crippen molar-refractivity contribution in [2.45, 2.75) is 25.7 Å². The largest absolute Gasteiger partial charge is 0.309 e. The Hall–Kier alpha value is -2.46. The van der Waals surface area contributed by atoms with E-state index in [-0.39, 0.29) is 0 Å². The van der Waals surface area contributed by atoms with E-state index in [4.69, 9.17) is 0 Å². The van der Waals surface area contributed by atoms with Gasteiger partial charge in [0.15, 0.2) is 0 Å². The van der Waals surface area contributed by atoms with Crippen molar-refractivity contribution in [3.05, 3.63) is 66.0 Å². The van der Waals surface area contributed by atoms with Gasteiger partial charge < -0.3 is 4.40 Å². The van der Waals surface area contributed by atoms with Crippen LogP contribution in [0.3, 0.4) is 0 Å². The highest BCUT2D eigenvalue weighted by atomic mass is 14.9. The summed E-state index contributed by atoms with van der Waals surface area (Å²) in [4.78, 5) is 0. The van der Waals surface area contributed by atoms with Crippen molar-refractivity contribution in [1.29, 1.82) is 0 Å². The normalized spacial score (nSPS) is 14.8. The molecule has 1 aliphatic carbocycles. The Labute approximate surface area is 124 Å². The lowest BCUT2D eigenvalue weighted by Crippen LogP contribution is -1.90. The van der Waals surface area contributed by atoms with E-state index >= 15 is 0 Å². The molecule has 0 amide bonds. The van der Waals surface area contributed by atoms with Gasteiger partial charge in [-0.15, -0.1) is 0 Å². The number of allylic oxidation sites excluding steroid dienone is 2. The minimum Gasteiger partial charge on any atom is -0.309 e. The van der Waals surface area contributed by atoms with Crippen molar-refractivity contribution in [2.75, 3.05) is 0 Å². The van der Waals surface area contributed by atoms with Crippen LogP contribution < -0.4 is 0 Å². The van der Waals surface area contributed by atoms with Crippen LogP contribution in [-0.4, -0.2) is 4.40 Å². The molecule has 1 heteroatoms. The molecular formula is C20H17N. The monoisotopic (exact) mass is 271 g/mol. The van der Waals surface area contributed by atoms with E-state index in [1.54, 1.807) is 0 Å². The zero-order chi connectivity index (χ0) is 14.1. The molecule has 102 valence electrons. The Bertz CT molecular complexity index is 900. The van der Waals surface area contributed by atoms with Gasteiger partial charge in [-0.1, -0.05) is 36.3 Å². The van der Waals surface area contributed by atoms with Gasteiger partial charge in [0, 0.05) is 11.6 Å². The summed E-state index contributed by atoms with van der Waals surface area (Å²) in [6.07, 6.45) is 9.33. The fraction of sp³-hybridized carbons (Fsp3) is 0.200. The predicted molar refractivity (Wildman–Crippen MR) is 88.3 cm³/mol. The molecule has 0 bridgehead atoms. The molecule has 0 unspecified atom stereocenters. The molecule has 1 aromatic carbocycles. The summed E-state index contributed by atoms with van der Waals surface area (Å²) in [6.45, 7) is 0. The number of hydrogen-bond acceptors (Lipinski definition) is 0. The highest BCUT2D eigenvalue weighted by Crippen LogP contribution is 2.22. The lowest BCUT2D eigenvalue weighted by atomic mass is 10.0. The quantitative estimate of drug-likeness (QED) is 0.510. The highest BCUT2D eigenvalue weighted by molar-refractivity contribution is 5.96. The molecule has 1 nitrogen and oxygen atoms in total. The second-order valence-corrected chi connectivity index (χ2v) is 5.60. The Morgan fingerprint density at radius 3 is 2.76 bits per heavy atom. The Kier molecular flexibility index (Phi) is 3.01. The zero-order valence-corrected chi connectivity index (χ0v) is 12.0. The Balaban J connectivity index is 1.82. The second kappa shape index (κ2) is 5.14. The number of aromatic nitrogens is 1. The number of pyridine rings is 1. The van der Waals surface area contributed by atoms with Gasteiger partial charge in [0.05, 0.1) is 11.2 Å².